The molecule has 6 atom stereocenters. The van der Waals surface area contributed by atoms with Crippen molar-refractivity contribution in [1.29, 1.82) is 0 Å². The van der Waals surface area contributed by atoms with Crippen molar-refractivity contribution in [2.75, 3.05) is 37.5 Å². The number of hydrogen-bond donors (Lipinski definition) is 0. The monoisotopic (exact) mass is 1110 g/mol. The first kappa shape index (κ1) is 52.7. The first-order valence-electron chi connectivity index (χ1n) is 19.9. The number of fused-ring (bicyclic) bond motifs is 6. The molecule has 6 amide bonds. The van der Waals surface area contributed by atoms with Crippen LogP contribution < -0.4 is 0 Å². The summed E-state index contributed by atoms with van der Waals surface area (Å²) in [5, 5.41) is 18.1. The zero-order chi connectivity index (χ0) is 52.6. The highest BCUT2D eigenvalue weighted by atomic mass is 32.2. The summed E-state index contributed by atoms with van der Waals surface area (Å²) in [5.74, 6) is -0.967. The molecule has 72 heavy (non-hydrogen) atoms. The van der Waals surface area contributed by atoms with Crippen LogP contribution in [0.15, 0.2) is 94.2 Å². The lowest BCUT2D eigenvalue weighted by Gasteiger charge is -2.12. The van der Waals surface area contributed by atoms with Crippen molar-refractivity contribution in [3.63, 3.8) is 0 Å². The molecule has 0 aliphatic carbocycles. The van der Waals surface area contributed by atoms with Crippen molar-refractivity contribution in [2.45, 2.75) is 35.3 Å². The van der Waals surface area contributed by atoms with Crippen LogP contribution in [0.2, 0.25) is 0 Å². The van der Waals surface area contributed by atoms with Crippen molar-refractivity contribution in [2.24, 2.45) is 26.2 Å². The van der Waals surface area contributed by atoms with Crippen molar-refractivity contribution in [3.8, 4) is 0 Å². The fourth-order valence-corrected chi connectivity index (χ4v) is 13.8. The molecule has 12 heterocycles. The van der Waals surface area contributed by atoms with Crippen LogP contribution in [0, 0.1) is 0 Å². The predicted molar refractivity (Wildman–Crippen MR) is 256 cm³/mol. The van der Waals surface area contributed by atoms with Crippen LogP contribution in [0.25, 0.3) is 0 Å². The Bertz CT molecular complexity index is 3390. The Kier molecular flexibility index (Phi) is 14.5. The molecule has 31 nitrogen and oxygen atoms in total. The third-order valence-corrected chi connectivity index (χ3v) is 17.1. The molecule has 0 spiro atoms. The minimum atomic E-state index is -2.43. The summed E-state index contributed by atoms with van der Waals surface area (Å²) in [6.07, 6.45) is 20.7. The third-order valence-electron chi connectivity index (χ3n) is 9.36. The minimum Gasteiger partial charge on any atom is -0.330 e. The van der Waals surface area contributed by atoms with Crippen molar-refractivity contribution in [1.82, 2.24) is 63.2 Å². The van der Waals surface area contributed by atoms with Crippen molar-refractivity contribution < 1.29 is 54.0 Å². The summed E-state index contributed by atoms with van der Waals surface area (Å²) in [6, 6.07) is 5.00. The van der Waals surface area contributed by atoms with Gasteiger partial charge >= 0.3 is 35.4 Å². The van der Waals surface area contributed by atoms with Crippen LogP contribution in [-0.2, 0) is 93.6 Å². The molecule has 0 radical (unpaired) electrons. The van der Waals surface area contributed by atoms with Crippen LogP contribution in [-0.4, -0.2) is 161 Å². The first-order valence-corrected chi connectivity index (χ1v) is 32.5. The number of imidazole rings is 2. The van der Waals surface area contributed by atoms with Gasteiger partial charge in [-0.3, -0.25) is 33.3 Å². The number of amides is 6. The van der Waals surface area contributed by atoms with Crippen LogP contribution in [0.5, 0.6) is 0 Å². The molecule has 6 aromatic heterocycles. The standard InChI is InChI=1S/C7H8N2O2S.3C6H7N3O2S.2C5H6N4O2S/c1-12(11)5-9-4-2-3-6(9)7(10)8-12;1-12(11)4-9-3-7-2-5(9)6(10)8-12;1-12(11)4-9-3-2-7-5(9)6(10)8-12;1-12(11)4-9-5(2-3-7-9)6(10)8-12;1-12(11)3-9-2-6-7-4(9)5(10)8-12;1-12(11)3-9-4(2-6-8-9)5(10)7-12/h2-4H,5H2,1H3;3*2-3H,4H2,1H3;2*2H,3H2,1H3. The van der Waals surface area contributed by atoms with Gasteiger partial charge in [0.15, 0.2) is 5.69 Å². The molecule has 6 aliphatic rings. The van der Waals surface area contributed by atoms with Gasteiger partial charge in [-0.15, -0.1) is 15.3 Å². The maximum Gasteiger partial charge on any atom is 0.323 e. The quantitative estimate of drug-likeness (QED) is 0.192. The molecular weight excluding hydrogens is 1070 g/mol. The number of carbonyl (C=O) groups excluding carboxylic acids is 6. The van der Waals surface area contributed by atoms with E-state index in [4.69, 9.17) is 0 Å². The number of hydrogen-bond acceptors (Lipinski definition) is 19. The second kappa shape index (κ2) is 19.8. The average Bonchev–Trinajstić information content (AvgIpc) is 4.09. The zero-order valence-corrected chi connectivity index (χ0v) is 43.3. The van der Waals surface area contributed by atoms with E-state index in [1.807, 2.05) is 0 Å². The molecule has 37 heteroatoms. The summed E-state index contributed by atoms with van der Waals surface area (Å²) in [5.41, 5.74) is 1.65. The van der Waals surface area contributed by atoms with Gasteiger partial charge in [0, 0.05) is 62.3 Å². The molecule has 0 fully saturated rings. The summed E-state index contributed by atoms with van der Waals surface area (Å²) in [7, 11) is -14.3. The Labute approximate surface area is 410 Å². The molecule has 384 valence electrons. The number of rotatable bonds is 0. The van der Waals surface area contributed by atoms with E-state index in [9.17, 15) is 54.0 Å². The van der Waals surface area contributed by atoms with E-state index in [1.165, 1.54) is 88.9 Å². The van der Waals surface area contributed by atoms with E-state index < -0.39 is 87.9 Å². The summed E-state index contributed by atoms with van der Waals surface area (Å²) in [6.45, 7) is 0. The Balaban J connectivity index is 0.000000127. The van der Waals surface area contributed by atoms with Gasteiger partial charge in [-0.25, -0.2) is 44.6 Å². The Morgan fingerprint density at radius 3 is 1.57 bits per heavy atom. The van der Waals surface area contributed by atoms with Gasteiger partial charge < -0.3 is 13.7 Å². The van der Waals surface area contributed by atoms with Crippen LogP contribution >= 0.6 is 0 Å². The topological polar surface area (TPSA) is 399 Å². The molecule has 0 aromatic carbocycles. The van der Waals surface area contributed by atoms with E-state index >= 15 is 0 Å². The second-order valence-electron chi connectivity index (χ2n) is 16.2. The van der Waals surface area contributed by atoms with Crippen molar-refractivity contribution >= 4 is 93.8 Å². The lowest BCUT2D eigenvalue weighted by molar-refractivity contribution is 0.0980. The van der Waals surface area contributed by atoms with Gasteiger partial charge in [0.25, 0.3) is 0 Å². The van der Waals surface area contributed by atoms with E-state index in [-0.39, 0.29) is 46.9 Å². The number of nitrogens with zero attached hydrogens (tertiary/aromatic N) is 19. The van der Waals surface area contributed by atoms with E-state index in [2.05, 4.69) is 61.8 Å². The molecule has 0 N–H and O–H groups in total. The molecule has 0 saturated heterocycles. The third kappa shape index (κ3) is 12.9. The number of aromatic nitrogens is 13. The van der Waals surface area contributed by atoms with Crippen LogP contribution in [0.3, 0.4) is 0 Å². The molecule has 0 bridgehead atoms. The maximum absolute atomic E-state index is 11.5. The molecule has 12 rings (SSSR count). The van der Waals surface area contributed by atoms with E-state index in [0.717, 1.165) is 0 Å². The van der Waals surface area contributed by atoms with Gasteiger partial charge in [-0.1, -0.05) is 5.21 Å². The molecule has 6 unspecified atom stereocenters. The molecule has 6 aliphatic heterocycles. The fourth-order valence-electron chi connectivity index (χ4n) is 6.57. The summed E-state index contributed by atoms with van der Waals surface area (Å²) >= 11 is 0. The summed E-state index contributed by atoms with van der Waals surface area (Å²) in [4.78, 5) is 74.4. The van der Waals surface area contributed by atoms with Gasteiger partial charge in [0.1, 0.15) is 58.7 Å². The van der Waals surface area contributed by atoms with Gasteiger partial charge in [0.05, 0.1) is 77.1 Å². The smallest absolute Gasteiger partial charge is 0.323 e. The fraction of sp³-hybridized carbons (Fsp3) is 0.343. The largest absolute Gasteiger partial charge is 0.330 e. The van der Waals surface area contributed by atoms with Gasteiger partial charge in [-0.2, -0.15) is 31.3 Å². The highest BCUT2D eigenvalue weighted by Crippen LogP contribution is 2.16. The van der Waals surface area contributed by atoms with E-state index in [0.29, 0.717) is 28.7 Å². The SMILES string of the molecule is CS1(=O)=NC(=O)c2cccn2C1.CS1(=O)=NC(=O)c2ccnn2C1.CS1(=O)=NC(=O)c2cncn2C1.CS1(=O)=NC(=O)c2cnnn2C1.CS1(=O)=NC(=O)c2nccn2C1.CS1(=O)=NC(=O)c2nncn2C1. The number of carbonyl (C=O) groups is 6. The lowest BCUT2D eigenvalue weighted by atomic mass is 10.4. The van der Waals surface area contributed by atoms with Crippen LogP contribution in [0.1, 0.15) is 63.2 Å². The molecule has 6 aromatic rings. The highest BCUT2D eigenvalue weighted by Gasteiger charge is 2.26. The maximum atomic E-state index is 11.5. The normalized spacial score (nSPS) is 27.9. The molecular formula is C35H41N19O12S6. The van der Waals surface area contributed by atoms with Gasteiger partial charge in [0.2, 0.25) is 11.6 Å². The Morgan fingerprint density at radius 2 is 0.931 bits per heavy atom. The average molecular weight is 1110 g/mol. The zero-order valence-electron chi connectivity index (χ0n) is 38.4. The summed E-state index contributed by atoms with van der Waals surface area (Å²) < 4.78 is 98.9. The highest BCUT2D eigenvalue weighted by molar-refractivity contribution is 7.93. The van der Waals surface area contributed by atoms with Crippen molar-refractivity contribution in [3.05, 3.63) is 102 Å². The minimum absolute atomic E-state index is 0.147. The van der Waals surface area contributed by atoms with Crippen LogP contribution in [0.4, 0.5) is 0 Å². The molecule has 0 saturated carbocycles. The second-order valence-corrected chi connectivity index (χ2v) is 30.4. The lowest BCUT2D eigenvalue weighted by Crippen LogP contribution is -2.21. The van der Waals surface area contributed by atoms with Gasteiger partial charge in [-0.05, 0) is 18.2 Å². The first-order chi connectivity index (χ1) is 33.5. The predicted octanol–water partition coefficient (Wildman–Crippen LogP) is -0.0518. The Hall–Kier alpha value is -7.09. The Morgan fingerprint density at radius 1 is 0.431 bits per heavy atom. The van der Waals surface area contributed by atoms with E-state index in [1.54, 1.807) is 44.3 Å².